The fourth-order valence-electron chi connectivity index (χ4n) is 2.32. The van der Waals surface area contributed by atoms with Gasteiger partial charge in [0, 0.05) is 23.3 Å². The van der Waals surface area contributed by atoms with Gasteiger partial charge in [-0.25, -0.2) is 0 Å². The second-order valence-corrected chi connectivity index (χ2v) is 6.83. The average molecular weight is 385 g/mol. The van der Waals surface area contributed by atoms with Crippen LogP contribution in [0.4, 0.5) is 5.69 Å². The Labute approximate surface area is 158 Å². The maximum absolute atomic E-state index is 12.5. The number of non-ortho nitro benzene ring substituents is 1. The van der Waals surface area contributed by atoms with E-state index in [4.69, 9.17) is 9.15 Å². The summed E-state index contributed by atoms with van der Waals surface area (Å²) in [5, 5.41) is 18.5. The number of Topliss-reactive ketones (excluding diaryl/α,β-unsaturated/α-hetero) is 1. The zero-order valence-electron chi connectivity index (χ0n) is 14.5. The Morgan fingerprint density at radius 1 is 1.22 bits per heavy atom. The second-order valence-electron chi connectivity index (χ2n) is 5.53. The predicted octanol–water partition coefficient (Wildman–Crippen LogP) is 4.02. The van der Waals surface area contributed by atoms with E-state index in [9.17, 15) is 14.9 Å². The first-order valence-electron chi connectivity index (χ1n) is 7.91. The Morgan fingerprint density at radius 2 is 1.96 bits per heavy atom. The molecule has 138 valence electrons. The zero-order chi connectivity index (χ0) is 19.4. The molecular formula is C18H15N3O5S. The van der Waals surface area contributed by atoms with Crippen LogP contribution in [0.15, 0.2) is 58.2 Å². The van der Waals surface area contributed by atoms with Crippen LogP contribution in [0.1, 0.15) is 17.3 Å². The van der Waals surface area contributed by atoms with Gasteiger partial charge in [0.05, 0.1) is 17.3 Å². The summed E-state index contributed by atoms with van der Waals surface area (Å²) in [5.41, 5.74) is 0.926. The molecule has 1 heterocycles. The summed E-state index contributed by atoms with van der Waals surface area (Å²) in [5.74, 6) is 0.744. The number of carbonyl (C=O) groups is 1. The standard InChI is InChI=1S/C18H15N3O5S/c1-11(16(22)12-6-8-15(25-2)9-7-12)27-18-20-19-17(26-18)13-4-3-5-14(10-13)21(23)24/h3-11H,1-2H3/t11-/m1/s1. The third-order valence-electron chi connectivity index (χ3n) is 3.73. The summed E-state index contributed by atoms with van der Waals surface area (Å²) in [6.07, 6.45) is 0. The molecule has 1 aromatic heterocycles. The van der Waals surface area contributed by atoms with Crippen molar-refractivity contribution in [1.29, 1.82) is 0 Å². The second kappa shape index (κ2) is 8.00. The fourth-order valence-corrected chi connectivity index (χ4v) is 3.08. The Kier molecular flexibility index (Phi) is 5.51. The van der Waals surface area contributed by atoms with Gasteiger partial charge < -0.3 is 9.15 Å². The van der Waals surface area contributed by atoms with Crippen LogP contribution in [0, 0.1) is 10.1 Å². The molecular weight excluding hydrogens is 370 g/mol. The van der Waals surface area contributed by atoms with Crippen LogP contribution < -0.4 is 4.74 Å². The fraction of sp³-hybridized carbons (Fsp3) is 0.167. The normalized spacial score (nSPS) is 11.8. The molecule has 0 spiro atoms. The molecule has 27 heavy (non-hydrogen) atoms. The molecule has 0 bridgehead atoms. The third-order valence-corrected chi connectivity index (χ3v) is 4.67. The Bertz CT molecular complexity index is 971. The van der Waals surface area contributed by atoms with E-state index in [0.717, 1.165) is 11.8 Å². The molecule has 3 aromatic rings. The van der Waals surface area contributed by atoms with Gasteiger partial charge in [-0.05, 0) is 37.3 Å². The number of thioether (sulfide) groups is 1. The molecule has 0 fully saturated rings. The van der Waals surface area contributed by atoms with Gasteiger partial charge in [-0.15, -0.1) is 10.2 Å². The molecule has 8 nitrogen and oxygen atoms in total. The summed E-state index contributed by atoms with van der Waals surface area (Å²) in [7, 11) is 1.56. The van der Waals surface area contributed by atoms with Crippen LogP contribution in [0.2, 0.25) is 0 Å². The quantitative estimate of drug-likeness (QED) is 0.260. The van der Waals surface area contributed by atoms with Gasteiger partial charge in [0.2, 0.25) is 5.89 Å². The molecule has 0 unspecified atom stereocenters. The van der Waals surface area contributed by atoms with Crippen LogP contribution >= 0.6 is 11.8 Å². The van der Waals surface area contributed by atoms with E-state index < -0.39 is 10.2 Å². The number of nitro benzene ring substituents is 1. The number of ketones is 1. The van der Waals surface area contributed by atoms with Crippen molar-refractivity contribution >= 4 is 23.2 Å². The van der Waals surface area contributed by atoms with Crippen molar-refractivity contribution in [2.45, 2.75) is 17.4 Å². The van der Waals surface area contributed by atoms with Crippen molar-refractivity contribution in [3.63, 3.8) is 0 Å². The van der Waals surface area contributed by atoms with Crippen LogP contribution in [0.3, 0.4) is 0 Å². The van der Waals surface area contributed by atoms with E-state index in [1.54, 1.807) is 50.4 Å². The summed E-state index contributed by atoms with van der Waals surface area (Å²) in [4.78, 5) is 22.9. The van der Waals surface area contributed by atoms with Gasteiger partial charge in [-0.3, -0.25) is 14.9 Å². The van der Waals surface area contributed by atoms with Gasteiger partial charge >= 0.3 is 0 Å². The topological polar surface area (TPSA) is 108 Å². The van der Waals surface area contributed by atoms with E-state index >= 15 is 0 Å². The molecule has 0 saturated heterocycles. The number of benzene rings is 2. The van der Waals surface area contributed by atoms with E-state index in [0.29, 0.717) is 16.9 Å². The first-order valence-corrected chi connectivity index (χ1v) is 8.79. The lowest BCUT2D eigenvalue weighted by molar-refractivity contribution is -0.384. The molecule has 0 aliphatic heterocycles. The van der Waals surface area contributed by atoms with Crippen LogP contribution in [-0.4, -0.2) is 33.3 Å². The SMILES string of the molecule is COc1ccc(C(=O)[C@@H](C)Sc2nnc(-c3cccc([N+](=O)[O-])c3)o2)cc1. The van der Waals surface area contributed by atoms with E-state index in [1.807, 2.05) is 0 Å². The van der Waals surface area contributed by atoms with Crippen molar-refractivity contribution in [3.8, 4) is 17.2 Å². The minimum atomic E-state index is -0.495. The van der Waals surface area contributed by atoms with Crippen molar-refractivity contribution in [3.05, 3.63) is 64.2 Å². The number of hydrogen-bond donors (Lipinski definition) is 0. The molecule has 9 heteroatoms. The smallest absolute Gasteiger partial charge is 0.277 e. The Hall–Kier alpha value is -3.20. The van der Waals surface area contributed by atoms with Crippen molar-refractivity contribution in [2.24, 2.45) is 0 Å². The molecule has 0 radical (unpaired) electrons. The lowest BCUT2D eigenvalue weighted by atomic mass is 10.1. The van der Waals surface area contributed by atoms with Gasteiger partial charge in [-0.2, -0.15) is 0 Å². The lowest BCUT2D eigenvalue weighted by Crippen LogP contribution is -2.13. The highest BCUT2D eigenvalue weighted by Gasteiger charge is 2.20. The third kappa shape index (κ3) is 4.32. The summed E-state index contributed by atoms with van der Waals surface area (Å²) < 4.78 is 10.6. The first-order chi connectivity index (χ1) is 13.0. The number of hydrogen-bond acceptors (Lipinski definition) is 8. The number of aromatic nitrogens is 2. The minimum absolute atomic E-state index is 0.0667. The maximum Gasteiger partial charge on any atom is 0.277 e. The van der Waals surface area contributed by atoms with Gasteiger partial charge in [0.15, 0.2) is 5.78 Å². The summed E-state index contributed by atoms with van der Waals surface area (Å²) in [6.45, 7) is 1.74. The lowest BCUT2D eigenvalue weighted by Gasteiger charge is -2.08. The molecule has 3 rings (SSSR count). The number of carbonyl (C=O) groups excluding carboxylic acids is 1. The molecule has 0 N–H and O–H groups in total. The average Bonchev–Trinajstić information content (AvgIpc) is 3.16. The molecule has 0 aliphatic carbocycles. The van der Waals surface area contributed by atoms with Gasteiger partial charge in [-0.1, -0.05) is 17.8 Å². The maximum atomic E-state index is 12.5. The van der Waals surface area contributed by atoms with Crippen molar-refractivity contribution in [1.82, 2.24) is 10.2 Å². The highest BCUT2D eigenvalue weighted by atomic mass is 32.2. The number of nitrogens with zero attached hydrogens (tertiary/aromatic N) is 3. The molecule has 0 aliphatic rings. The van der Waals surface area contributed by atoms with Crippen molar-refractivity contribution < 1.29 is 18.9 Å². The molecule has 1 atom stereocenters. The molecule has 0 saturated carbocycles. The monoisotopic (exact) mass is 385 g/mol. The number of nitro groups is 1. The largest absolute Gasteiger partial charge is 0.497 e. The van der Waals surface area contributed by atoms with Crippen molar-refractivity contribution in [2.75, 3.05) is 7.11 Å². The minimum Gasteiger partial charge on any atom is -0.497 e. The van der Waals surface area contributed by atoms with E-state index in [2.05, 4.69) is 10.2 Å². The number of ether oxygens (including phenoxy) is 1. The number of methoxy groups -OCH3 is 1. The summed E-state index contributed by atoms with van der Waals surface area (Å²) in [6, 6.07) is 12.7. The Balaban J connectivity index is 1.72. The van der Waals surface area contributed by atoms with Gasteiger partial charge in [0.25, 0.3) is 10.9 Å². The molecule has 2 aromatic carbocycles. The number of rotatable bonds is 7. The predicted molar refractivity (Wildman–Crippen MR) is 99.0 cm³/mol. The van der Waals surface area contributed by atoms with Crippen LogP contribution in [-0.2, 0) is 0 Å². The Morgan fingerprint density at radius 3 is 2.63 bits per heavy atom. The highest BCUT2D eigenvalue weighted by Crippen LogP contribution is 2.29. The van der Waals surface area contributed by atoms with E-state index in [-0.39, 0.29) is 22.6 Å². The van der Waals surface area contributed by atoms with Crippen LogP contribution in [0.25, 0.3) is 11.5 Å². The van der Waals surface area contributed by atoms with E-state index in [1.165, 1.54) is 12.1 Å². The molecule has 0 amide bonds. The first kappa shape index (κ1) is 18.6. The summed E-state index contributed by atoms with van der Waals surface area (Å²) >= 11 is 1.13. The van der Waals surface area contributed by atoms with Crippen LogP contribution in [0.5, 0.6) is 5.75 Å². The highest BCUT2D eigenvalue weighted by molar-refractivity contribution is 8.00. The zero-order valence-corrected chi connectivity index (χ0v) is 15.3. The van der Waals surface area contributed by atoms with Gasteiger partial charge in [0.1, 0.15) is 5.75 Å².